The summed E-state index contributed by atoms with van der Waals surface area (Å²) in [6.45, 7) is 3.66. The molecule has 1 saturated heterocycles. The number of hydrogen-bond acceptors (Lipinski definition) is 8. The van der Waals surface area contributed by atoms with Crippen LogP contribution in [-0.2, 0) is 41.8 Å². The maximum Gasteiger partial charge on any atom is 0.418 e. The molecule has 290 valence electrons. The molecule has 11 nitrogen and oxygen atoms in total. The molecule has 3 aromatic heterocycles. The van der Waals surface area contributed by atoms with Crippen LogP contribution in [0.2, 0.25) is 5.02 Å². The Hall–Kier alpha value is -5.31. The Labute approximate surface area is 325 Å². The first-order chi connectivity index (χ1) is 27.1. The molecule has 2 amide bonds. The SMILES string of the molecule is O=C1CCCCc2cc(C(=O)Nc3ccc4c(c3)nc(CN3CC=C(c5cccc(OCc6ccc(Cl)cn6)n5)CC3)n4C[C@@H]3CCO3)cc(C(F)(F)F)c2N1. The van der Waals surface area contributed by atoms with E-state index < -0.39 is 23.6 Å². The highest BCUT2D eigenvalue weighted by Gasteiger charge is 2.36. The van der Waals surface area contributed by atoms with Crippen LogP contribution < -0.4 is 15.4 Å². The van der Waals surface area contributed by atoms with Crippen molar-refractivity contribution in [1.29, 1.82) is 0 Å². The molecular formula is C41H39ClF3N7O4. The molecule has 15 heteroatoms. The number of halogens is 4. The smallest absolute Gasteiger partial charge is 0.418 e. The number of pyridine rings is 2. The molecule has 56 heavy (non-hydrogen) atoms. The predicted octanol–water partition coefficient (Wildman–Crippen LogP) is 8.07. The summed E-state index contributed by atoms with van der Waals surface area (Å²) in [5, 5.41) is 5.77. The van der Waals surface area contributed by atoms with Crippen molar-refractivity contribution < 1.29 is 32.2 Å². The summed E-state index contributed by atoms with van der Waals surface area (Å²) >= 11 is 5.94. The van der Waals surface area contributed by atoms with Gasteiger partial charge >= 0.3 is 6.18 Å². The number of nitrogens with zero attached hydrogens (tertiary/aromatic N) is 5. The molecule has 2 N–H and O–H groups in total. The zero-order valence-electron chi connectivity index (χ0n) is 30.4. The van der Waals surface area contributed by atoms with E-state index in [1.807, 2.05) is 30.3 Å². The van der Waals surface area contributed by atoms with E-state index in [0.717, 1.165) is 53.8 Å². The Morgan fingerprint density at radius 2 is 1.91 bits per heavy atom. The summed E-state index contributed by atoms with van der Waals surface area (Å²) in [5.41, 5.74) is 3.51. The van der Waals surface area contributed by atoms with Crippen LogP contribution in [-0.4, -0.2) is 62.0 Å². The maximum atomic E-state index is 14.2. The van der Waals surface area contributed by atoms with Crippen LogP contribution in [0.3, 0.4) is 0 Å². The lowest BCUT2D eigenvalue weighted by molar-refractivity contribution is -0.137. The van der Waals surface area contributed by atoms with Gasteiger partial charge in [-0.05, 0) is 91.8 Å². The zero-order chi connectivity index (χ0) is 38.8. The lowest BCUT2D eigenvalue weighted by Gasteiger charge is -2.29. The average molecular weight is 786 g/mol. The minimum atomic E-state index is -4.77. The van der Waals surface area contributed by atoms with E-state index in [-0.39, 0.29) is 35.9 Å². The number of amides is 2. The molecule has 1 atom stereocenters. The molecule has 0 saturated carbocycles. The number of rotatable bonds is 10. The number of aromatic nitrogens is 4. The van der Waals surface area contributed by atoms with Crippen molar-refractivity contribution in [2.45, 2.75) is 70.5 Å². The highest BCUT2D eigenvalue weighted by Crippen LogP contribution is 2.39. The van der Waals surface area contributed by atoms with Crippen molar-refractivity contribution in [3.63, 3.8) is 0 Å². The molecule has 0 unspecified atom stereocenters. The average Bonchev–Trinajstić information content (AvgIpc) is 3.49. The highest BCUT2D eigenvalue weighted by molar-refractivity contribution is 6.30. The summed E-state index contributed by atoms with van der Waals surface area (Å²) in [5.74, 6) is 0.202. The summed E-state index contributed by atoms with van der Waals surface area (Å²) in [6, 6.07) is 16.9. The van der Waals surface area contributed by atoms with Crippen LogP contribution in [0, 0.1) is 0 Å². The van der Waals surface area contributed by atoms with Gasteiger partial charge in [-0.3, -0.25) is 19.5 Å². The van der Waals surface area contributed by atoms with Gasteiger partial charge in [0.25, 0.3) is 5.91 Å². The van der Waals surface area contributed by atoms with Crippen LogP contribution in [0.5, 0.6) is 5.88 Å². The number of imidazole rings is 1. The first-order valence-electron chi connectivity index (χ1n) is 18.6. The third-order valence-electron chi connectivity index (χ3n) is 10.3. The number of aryl methyl sites for hydroxylation is 1. The van der Waals surface area contributed by atoms with Crippen molar-refractivity contribution in [2.75, 3.05) is 30.3 Å². The lowest BCUT2D eigenvalue weighted by Crippen LogP contribution is -2.33. The molecule has 5 aromatic rings. The van der Waals surface area contributed by atoms with Crippen LogP contribution in [0.25, 0.3) is 16.6 Å². The minimum Gasteiger partial charge on any atom is -0.471 e. The van der Waals surface area contributed by atoms with Gasteiger partial charge in [0.05, 0.1) is 57.9 Å². The van der Waals surface area contributed by atoms with Crippen LogP contribution in [0.4, 0.5) is 24.5 Å². The van der Waals surface area contributed by atoms with Gasteiger partial charge in [-0.1, -0.05) is 23.7 Å². The molecule has 3 aliphatic rings. The Morgan fingerprint density at radius 3 is 2.66 bits per heavy atom. The van der Waals surface area contributed by atoms with E-state index in [1.54, 1.807) is 24.4 Å². The van der Waals surface area contributed by atoms with E-state index in [2.05, 4.69) is 31.2 Å². The van der Waals surface area contributed by atoms with Crippen molar-refractivity contribution in [1.82, 2.24) is 24.4 Å². The van der Waals surface area contributed by atoms with E-state index >= 15 is 0 Å². The summed E-state index contributed by atoms with van der Waals surface area (Å²) in [7, 11) is 0. The summed E-state index contributed by atoms with van der Waals surface area (Å²) in [6.07, 6.45) is 2.34. The van der Waals surface area contributed by atoms with Crippen LogP contribution in [0.1, 0.15) is 70.8 Å². The molecule has 6 heterocycles. The molecule has 2 aromatic carbocycles. The van der Waals surface area contributed by atoms with Gasteiger partial charge in [0.15, 0.2) is 0 Å². The van der Waals surface area contributed by atoms with Crippen molar-refractivity contribution in [3.8, 4) is 5.88 Å². The molecule has 3 aliphatic heterocycles. The molecule has 0 aliphatic carbocycles. The number of benzene rings is 2. The molecule has 0 spiro atoms. The number of anilines is 2. The standard InChI is InChI=1S/C41H39ClF3N7O4/c42-28-8-9-30(46-21-28)24-56-38-7-3-5-33(49-38)25-12-15-51(16-13-25)23-36-48-34-20-29(10-11-35(34)52(36)22-31-14-17-55-31)47-40(54)27-18-26-4-1-2-6-37(53)50-39(26)32(19-27)41(43,44)45/h3,5,7-12,18-21,31H,1-2,4,6,13-17,22-24H2,(H,47,54)(H,50,53)/t31-/m0/s1. The Kier molecular flexibility index (Phi) is 10.8. The van der Waals surface area contributed by atoms with E-state index in [1.165, 1.54) is 6.07 Å². The van der Waals surface area contributed by atoms with Gasteiger partial charge in [0, 0.05) is 49.6 Å². The van der Waals surface area contributed by atoms with Crippen molar-refractivity contribution in [2.24, 2.45) is 0 Å². The van der Waals surface area contributed by atoms with Gasteiger partial charge in [-0.2, -0.15) is 13.2 Å². The lowest BCUT2D eigenvalue weighted by atomic mass is 9.95. The van der Waals surface area contributed by atoms with E-state index in [9.17, 15) is 22.8 Å². The molecule has 1 fully saturated rings. The monoisotopic (exact) mass is 785 g/mol. The largest absolute Gasteiger partial charge is 0.471 e. The van der Waals surface area contributed by atoms with Crippen LogP contribution >= 0.6 is 11.6 Å². The first kappa shape index (κ1) is 37.6. The fourth-order valence-electron chi connectivity index (χ4n) is 7.22. The zero-order valence-corrected chi connectivity index (χ0v) is 31.1. The second-order valence-electron chi connectivity index (χ2n) is 14.2. The second kappa shape index (κ2) is 16.0. The number of carbonyl (C=O) groups excluding carboxylic acids is 2. The normalized spacial score (nSPS) is 17.6. The van der Waals surface area contributed by atoms with Gasteiger partial charge < -0.3 is 24.7 Å². The van der Waals surface area contributed by atoms with Crippen LogP contribution in [0.15, 0.2) is 72.9 Å². The number of fused-ring (bicyclic) bond motifs is 2. The van der Waals surface area contributed by atoms with Crippen molar-refractivity contribution in [3.05, 3.63) is 112 Å². The van der Waals surface area contributed by atoms with Gasteiger partial charge in [0.1, 0.15) is 12.4 Å². The number of ether oxygens (including phenoxy) is 2. The second-order valence-corrected chi connectivity index (χ2v) is 14.7. The van der Waals surface area contributed by atoms with Gasteiger partial charge in [0.2, 0.25) is 11.8 Å². The number of alkyl halides is 3. The highest BCUT2D eigenvalue weighted by atomic mass is 35.5. The summed E-state index contributed by atoms with van der Waals surface area (Å²) in [4.78, 5) is 42.0. The number of carbonyl (C=O) groups is 2. The fourth-order valence-corrected chi connectivity index (χ4v) is 7.33. The quantitative estimate of drug-likeness (QED) is 0.146. The number of nitrogens with one attached hydrogen (secondary N) is 2. The molecular weight excluding hydrogens is 747 g/mol. The van der Waals surface area contributed by atoms with Gasteiger partial charge in [-0.25, -0.2) is 9.97 Å². The Bertz CT molecular complexity index is 2310. The Morgan fingerprint density at radius 1 is 1.05 bits per heavy atom. The first-order valence-corrected chi connectivity index (χ1v) is 19.0. The van der Waals surface area contributed by atoms with E-state index in [0.29, 0.717) is 67.6 Å². The maximum absolute atomic E-state index is 14.2. The van der Waals surface area contributed by atoms with Crippen molar-refractivity contribution >= 4 is 51.4 Å². The van der Waals surface area contributed by atoms with Gasteiger partial charge in [-0.15, -0.1) is 0 Å². The van der Waals surface area contributed by atoms with E-state index in [4.69, 9.17) is 31.0 Å². The third kappa shape index (κ3) is 8.57. The molecule has 8 rings (SSSR count). The fraction of sp³-hybridized carbons (Fsp3) is 0.341. The number of hydrogen-bond donors (Lipinski definition) is 2. The summed E-state index contributed by atoms with van der Waals surface area (Å²) < 4.78 is 56.4. The Balaban J connectivity index is 0.981. The topological polar surface area (TPSA) is 124 Å². The minimum absolute atomic E-state index is 0.0690. The third-order valence-corrected chi connectivity index (χ3v) is 10.5. The predicted molar refractivity (Wildman–Crippen MR) is 205 cm³/mol. The molecule has 0 radical (unpaired) electrons. The molecule has 0 bridgehead atoms.